The smallest absolute Gasteiger partial charge is 0.223 e. The lowest BCUT2D eigenvalue weighted by molar-refractivity contribution is -0.130. The number of rotatable bonds is 8. The molecule has 0 saturated carbocycles. The van der Waals surface area contributed by atoms with Crippen LogP contribution in [0.1, 0.15) is 19.8 Å². The first-order chi connectivity index (χ1) is 8.77. The molecule has 0 spiro atoms. The summed E-state index contributed by atoms with van der Waals surface area (Å²) in [7, 11) is 0. The van der Waals surface area contributed by atoms with E-state index in [2.05, 4.69) is 12.1 Å². The summed E-state index contributed by atoms with van der Waals surface area (Å²) in [5, 5.41) is 8.78. The van der Waals surface area contributed by atoms with Gasteiger partial charge in [0.2, 0.25) is 5.91 Å². The molecular formula is C14H21NO2S. The maximum Gasteiger partial charge on any atom is 0.223 e. The van der Waals surface area contributed by atoms with E-state index in [1.54, 1.807) is 11.8 Å². The van der Waals surface area contributed by atoms with Gasteiger partial charge in [-0.15, -0.1) is 11.8 Å². The highest BCUT2D eigenvalue weighted by molar-refractivity contribution is 7.99. The van der Waals surface area contributed by atoms with Crippen LogP contribution in [0.4, 0.5) is 0 Å². The number of carbonyl (C=O) groups excluding carboxylic acids is 1. The Labute approximate surface area is 113 Å². The van der Waals surface area contributed by atoms with Gasteiger partial charge in [0.05, 0.1) is 0 Å². The van der Waals surface area contributed by atoms with Crippen molar-refractivity contribution in [1.82, 2.24) is 4.90 Å². The van der Waals surface area contributed by atoms with Crippen molar-refractivity contribution < 1.29 is 9.90 Å². The average molecular weight is 267 g/mol. The van der Waals surface area contributed by atoms with Gasteiger partial charge in [0, 0.05) is 36.8 Å². The molecule has 0 fully saturated rings. The third-order valence-electron chi connectivity index (χ3n) is 2.65. The number of hydrogen-bond donors (Lipinski definition) is 1. The lowest BCUT2D eigenvalue weighted by atomic mass is 10.3. The molecule has 100 valence electrons. The topological polar surface area (TPSA) is 40.5 Å². The molecule has 4 heteroatoms. The third kappa shape index (κ3) is 5.56. The summed E-state index contributed by atoms with van der Waals surface area (Å²) in [4.78, 5) is 14.9. The highest BCUT2D eigenvalue weighted by Gasteiger charge is 2.10. The second kappa shape index (κ2) is 9.00. The van der Waals surface area contributed by atoms with Crippen molar-refractivity contribution >= 4 is 17.7 Å². The SMILES string of the molecule is CCN(CCCO)C(=O)CCSc1ccccc1. The lowest BCUT2D eigenvalue weighted by Crippen LogP contribution is -2.32. The molecule has 0 radical (unpaired) electrons. The summed E-state index contributed by atoms with van der Waals surface area (Å²) >= 11 is 1.70. The zero-order chi connectivity index (χ0) is 13.2. The number of benzene rings is 1. The maximum atomic E-state index is 11.9. The second-order valence-electron chi connectivity index (χ2n) is 3.96. The second-order valence-corrected chi connectivity index (χ2v) is 5.13. The van der Waals surface area contributed by atoms with Gasteiger partial charge in [-0.05, 0) is 25.5 Å². The van der Waals surface area contributed by atoms with Gasteiger partial charge in [-0.2, -0.15) is 0 Å². The Morgan fingerprint density at radius 1 is 1.33 bits per heavy atom. The predicted molar refractivity (Wildman–Crippen MR) is 75.7 cm³/mol. The van der Waals surface area contributed by atoms with E-state index in [9.17, 15) is 4.79 Å². The number of amides is 1. The molecular weight excluding hydrogens is 246 g/mol. The molecule has 1 amide bonds. The third-order valence-corrected chi connectivity index (χ3v) is 3.66. The quantitative estimate of drug-likeness (QED) is 0.735. The summed E-state index contributed by atoms with van der Waals surface area (Å²) in [6.07, 6.45) is 1.21. The molecule has 1 aromatic rings. The van der Waals surface area contributed by atoms with Crippen molar-refractivity contribution in [2.24, 2.45) is 0 Å². The first-order valence-electron chi connectivity index (χ1n) is 6.34. The molecule has 3 nitrogen and oxygen atoms in total. The van der Waals surface area contributed by atoms with Crippen molar-refractivity contribution in [3.8, 4) is 0 Å². The fourth-order valence-electron chi connectivity index (χ4n) is 1.65. The average Bonchev–Trinajstić information content (AvgIpc) is 2.41. The Balaban J connectivity index is 2.27. The maximum absolute atomic E-state index is 11.9. The molecule has 0 bridgehead atoms. The van der Waals surface area contributed by atoms with Crippen LogP contribution in [0.2, 0.25) is 0 Å². The number of hydrogen-bond acceptors (Lipinski definition) is 3. The standard InChI is InChI=1S/C14H21NO2S/c1-2-15(10-6-11-16)14(17)9-12-18-13-7-4-3-5-8-13/h3-5,7-8,16H,2,6,9-12H2,1H3. The molecule has 0 aromatic heterocycles. The summed E-state index contributed by atoms with van der Waals surface area (Å²) in [6, 6.07) is 10.1. The first-order valence-corrected chi connectivity index (χ1v) is 7.33. The number of nitrogens with zero attached hydrogens (tertiary/aromatic N) is 1. The van der Waals surface area contributed by atoms with Crippen molar-refractivity contribution in [2.45, 2.75) is 24.7 Å². The number of carbonyl (C=O) groups is 1. The van der Waals surface area contributed by atoms with E-state index in [1.807, 2.05) is 30.0 Å². The predicted octanol–water partition coefficient (Wildman–Crippen LogP) is 2.40. The van der Waals surface area contributed by atoms with Crippen LogP contribution in [0.3, 0.4) is 0 Å². The Bertz CT molecular complexity index is 343. The van der Waals surface area contributed by atoms with Crippen LogP contribution in [-0.2, 0) is 4.79 Å². The van der Waals surface area contributed by atoms with Crippen molar-refractivity contribution in [2.75, 3.05) is 25.4 Å². The minimum absolute atomic E-state index is 0.141. The van der Waals surface area contributed by atoms with Gasteiger partial charge >= 0.3 is 0 Å². The molecule has 1 rings (SSSR count). The molecule has 1 aromatic carbocycles. The van der Waals surface area contributed by atoms with Crippen LogP contribution >= 0.6 is 11.8 Å². The van der Waals surface area contributed by atoms with Gasteiger partial charge in [0.25, 0.3) is 0 Å². The van der Waals surface area contributed by atoms with Gasteiger partial charge in [0.15, 0.2) is 0 Å². The van der Waals surface area contributed by atoms with Crippen LogP contribution in [0.5, 0.6) is 0 Å². The Morgan fingerprint density at radius 3 is 2.67 bits per heavy atom. The zero-order valence-corrected chi connectivity index (χ0v) is 11.7. The summed E-state index contributed by atoms with van der Waals surface area (Å²) in [5.41, 5.74) is 0. The molecule has 18 heavy (non-hydrogen) atoms. The Morgan fingerprint density at radius 2 is 2.06 bits per heavy atom. The van der Waals surface area contributed by atoms with Gasteiger partial charge in [0.1, 0.15) is 0 Å². The molecule has 1 N–H and O–H groups in total. The lowest BCUT2D eigenvalue weighted by Gasteiger charge is -2.20. The van der Waals surface area contributed by atoms with Crippen molar-refractivity contribution in [3.05, 3.63) is 30.3 Å². The van der Waals surface area contributed by atoms with E-state index in [0.717, 1.165) is 12.3 Å². The van der Waals surface area contributed by atoms with Crippen molar-refractivity contribution in [1.29, 1.82) is 0 Å². The summed E-state index contributed by atoms with van der Waals surface area (Å²) < 4.78 is 0. The van der Waals surface area contributed by atoms with E-state index in [-0.39, 0.29) is 12.5 Å². The van der Waals surface area contributed by atoms with E-state index >= 15 is 0 Å². The number of thioether (sulfide) groups is 1. The van der Waals surface area contributed by atoms with Crippen LogP contribution in [-0.4, -0.2) is 41.4 Å². The minimum Gasteiger partial charge on any atom is -0.396 e. The molecule has 0 aliphatic heterocycles. The molecule has 0 atom stereocenters. The summed E-state index contributed by atoms with van der Waals surface area (Å²) in [5.74, 6) is 0.979. The highest BCUT2D eigenvalue weighted by atomic mass is 32.2. The van der Waals surface area contributed by atoms with Gasteiger partial charge < -0.3 is 10.0 Å². The largest absolute Gasteiger partial charge is 0.396 e. The van der Waals surface area contributed by atoms with E-state index in [0.29, 0.717) is 19.4 Å². The number of aliphatic hydroxyl groups excluding tert-OH is 1. The highest BCUT2D eigenvalue weighted by Crippen LogP contribution is 2.18. The summed E-state index contributed by atoms with van der Waals surface area (Å²) in [6.45, 7) is 3.48. The van der Waals surface area contributed by atoms with E-state index in [4.69, 9.17) is 5.11 Å². The van der Waals surface area contributed by atoms with E-state index in [1.165, 1.54) is 4.90 Å². The molecule has 0 aliphatic rings. The molecule has 0 saturated heterocycles. The fourth-order valence-corrected chi connectivity index (χ4v) is 2.51. The van der Waals surface area contributed by atoms with E-state index < -0.39 is 0 Å². The normalized spacial score (nSPS) is 10.3. The van der Waals surface area contributed by atoms with Crippen LogP contribution in [0, 0.1) is 0 Å². The zero-order valence-electron chi connectivity index (χ0n) is 10.8. The fraction of sp³-hybridized carbons (Fsp3) is 0.500. The molecule has 0 heterocycles. The Hall–Kier alpha value is -1.00. The Kier molecular flexibility index (Phi) is 7.53. The van der Waals surface area contributed by atoms with Gasteiger partial charge in [-0.1, -0.05) is 18.2 Å². The van der Waals surface area contributed by atoms with Gasteiger partial charge in [-0.25, -0.2) is 0 Å². The minimum atomic E-state index is 0.141. The van der Waals surface area contributed by atoms with Gasteiger partial charge in [-0.3, -0.25) is 4.79 Å². The monoisotopic (exact) mass is 267 g/mol. The number of aliphatic hydroxyl groups is 1. The van der Waals surface area contributed by atoms with Crippen LogP contribution in [0.15, 0.2) is 35.2 Å². The van der Waals surface area contributed by atoms with Crippen LogP contribution < -0.4 is 0 Å². The van der Waals surface area contributed by atoms with Crippen LogP contribution in [0.25, 0.3) is 0 Å². The molecule has 0 unspecified atom stereocenters. The molecule has 0 aliphatic carbocycles. The van der Waals surface area contributed by atoms with Crippen molar-refractivity contribution in [3.63, 3.8) is 0 Å². The first kappa shape index (κ1) is 15.1.